The molecule has 0 aromatic carbocycles. The molecule has 3 aromatic rings. The zero-order valence-corrected chi connectivity index (χ0v) is 13.3. The second-order valence-corrected chi connectivity index (χ2v) is 6.86. The molecule has 1 aliphatic carbocycles. The van der Waals surface area contributed by atoms with Crippen LogP contribution in [0.3, 0.4) is 0 Å². The van der Waals surface area contributed by atoms with Crippen molar-refractivity contribution in [3.05, 3.63) is 44.8 Å². The molecule has 0 unspecified atom stereocenters. The van der Waals surface area contributed by atoms with E-state index in [1.54, 1.807) is 28.3 Å². The van der Waals surface area contributed by atoms with Crippen LogP contribution in [0.25, 0.3) is 11.0 Å². The van der Waals surface area contributed by atoms with E-state index in [-0.39, 0.29) is 5.43 Å². The van der Waals surface area contributed by atoms with Gasteiger partial charge in [0.05, 0.1) is 28.8 Å². The van der Waals surface area contributed by atoms with Gasteiger partial charge in [-0.25, -0.2) is 4.98 Å². The topological polar surface area (TPSA) is 52.7 Å². The first-order valence-corrected chi connectivity index (χ1v) is 8.56. The van der Waals surface area contributed by atoms with E-state index >= 15 is 0 Å². The van der Waals surface area contributed by atoms with Gasteiger partial charge in [0.15, 0.2) is 5.43 Å². The van der Waals surface area contributed by atoms with Gasteiger partial charge in [0.25, 0.3) is 0 Å². The Hall–Kier alpha value is -1.95. The Kier molecular flexibility index (Phi) is 3.33. The van der Waals surface area contributed by atoms with Crippen LogP contribution in [0.1, 0.15) is 42.3 Å². The first kappa shape index (κ1) is 13.7. The Bertz CT molecular complexity index is 870. The summed E-state index contributed by atoms with van der Waals surface area (Å²) in [7, 11) is 1.86. The van der Waals surface area contributed by atoms with Crippen LogP contribution < -0.4 is 5.43 Å². The van der Waals surface area contributed by atoms with E-state index in [4.69, 9.17) is 4.98 Å². The maximum Gasteiger partial charge on any atom is 0.192 e. The van der Waals surface area contributed by atoms with Crippen LogP contribution in [0.2, 0.25) is 0 Å². The fourth-order valence-corrected chi connectivity index (χ4v) is 4.30. The van der Waals surface area contributed by atoms with Crippen molar-refractivity contribution < 1.29 is 0 Å². The highest BCUT2D eigenvalue weighted by molar-refractivity contribution is 7.09. The Morgan fingerprint density at radius 2 is 2.18 bits per heavy atom. The van der Waals surface area contributed by atoms with Crippen molar-refractivity contribution in [2.75, 3.05) is 0 Å². The standard InChI is InChI=1S/C16H18N4OS/c1-19-16-13(8-17-19)14(21)6-7-20(16)9-12-10-22-15(18-12)11-4-2-3-5-11/h6-8,10-11H,2-5,9H2,1H3. The molecule has 0 spiro atoms. The van der Waals surface area contributed by atoms with Crippen LogP contribution in [0.5, 0.6) is 0 Å². The maximum absolute atomic E-state index is 11.9. The molecule has 0 radical (unpaired) electrons. The molecular formula is C16H18N4OS. The van der Waals surface area contributed by atoms with Crippen molar-refractivity contribution in [1.82, 2.24) is 19.3 Å². The molecule has 114 valence electrons. The average Bonchev–Trinajstić information content (AvgIpc) is 3.22. The zero-order chi connectivity index (χ0) is 15.1. The van der Waals surface area contributed by atoms with Gasteiger partial charge in [-0.3, -0.25) is 9.48 Å². The first-order chi connectivity index (χ1) is 10.7. The molecular weight excluding hydrogens is 296 g/mol. The van der Waals surface area contributed by atoms with Gasteiger partial charge in [-0.15, -0.1) is 11.3 Å². The van der Waals surface area contributed by atoms with Crippen LogP contribution in [-0.2, 0) is 13.6 Å². The lowest BCUT2D eigenvalue weighted by Crippen LogP contribution is -2.10. The third-order valence-electron chi connectivity index (χ3n) is 4.46. The number of aryl methyl sites for hydroxylation is 1. The Morgan fingerprint density at radius 3 is 3.00 bits per heavy atom. The normalized spacial score (nSPS) is 15.9. The minimum Gasteiger partial charge on any atom is -0.326 e. The van der Waals surface area contributed by atoms with Crippen molar-refractivity contribution >= 4 is 22.4 Å². The quantitative estimate of drug-likeness (QED) is 0.747. The number of nitrogens with zero attached hydrogens (tertiary/aromatic N) is 4. The molecule has 6 heteroatoms. The molecule has 0 aliphatic heterocycles. The van der Waals surface area contributed by atoms with Crippen LogP contribution in [-0.4, -0.2) is 19.3 Å². The van der Waals surface area contributed by atoms with Crippen molar-refractivity contribution in [2.45, 2.75) is 38.1 Å². The van der Waals surface area contributed by atoms with E-state index in [9.17, 15) is 4.79 Å². The third kappa shape index (κ3) is 2.27. The summed E-state index contributed by atoms with van der Waals surface area (Å²) >= 11 is 1.77. The van der Waals surface area contributed by atoms with E-state index in [0.717, 1.165) is 11.3 Å². The molecule has 0 saturated heterocycles. The molecule has 3 heterocycles. The molecule has 0 atom stereocenters. The molecule has 22 heavy (non-hydrogen) atoms. The van der Waals surface area contributed by atoms with Gasteiger partial charge in [-0.2, -0.15) is 5.10 Å². The third-order valence-corrected chi connectivity index (χ3v) is 5.51. The molecule has 4 rings (SSSR count). The maximum atomic E-state index is 11.9. The van der Waals surface area contributed by atoms with Crippen LogP contribution in [0, 0.1) is 0 Å². The van der Waals surface area contributed by atoms with Gasteiger partial charge in [0, 0.05) is 30.6 Å². The molecule has 1 aliphatic rings. The lowest BCUT2D eigenvalue weighted by Gasteiger charge is -2.08. The van der Waals surface area contributed by atoms with Gasteiger partial charge in [-0.05, 0) is 12.8 Å². The van der Waals surface area contributed by atoms with Crippen LogP contribution in [0.4, 0.5) is 0 Å². The first-order valence-electron chi connectivity index (χ1n) is 7.68. The minimum absolute atomic E-state index is 0.0178. The smallest absolute Gasteiger partial charge is 0.192 e. The average molecular weight is 314 g/mol. The van der Waals surface area contributed by atoms with E-state index in [1.165, 1.54) is 30.7 Å². The van der Waals surface area contributed by atoms with Gasteiger partial charge >= 0.3 is 0 Å². The zero-order valence-electron chi connectivity index (χ0n) is 12.5. The highest BCUT2D eigenvalue weighted by Crippen LogP contribution is 2.35. The Balaban J connectivity index is 1.68. The van der Waals surface area contributed by atoms with Gasteiger partial charge < -0.3 is 4.57 Å². The summed E-state index contributed by atoms with van der Waals surface area (Å²) in [4.78, 5) is 16.7. The Labute approximate surface area is 132 Å². The number of pyridine rings is 1. The van der Waals surface area contributed by atoms with E-state index in [2.05, 4.69) is 15.0 Å². The largest absolute Gasteiger partial charge is 0.326 e. The van der Waals surface area contributed by atoms with E-state index in [0.29, 0.717) is 17.8 Å². The summed E-state index contributed by atoms with van der Waals surface area (Å²) in [6.07, 6.45) is 8.68. The number of thiazole rings is 1. The lowest BCUT2D eigenvalue weighted by atomic mass is 10.1. The SMILES string of the molecule is Cn1ncc2c(=O)ccn(Cc3csc(C4CCCC4)n3)c21. The van der Waals surface area contributed by atoms with Crippen molar-refractivity contribution in [3.63, 3.8) is 0 Å². The molecule has 3 aromatic heterocycles. The predicted molar refractivity (Wildman–Crippen MR) is 87.4 cm³/mol. The number of hydrogen-bond donors (Lipinski definition) is 0. The number of rotatable bonds is 3. The summed E-state index contributed by atoms with van der Waals surface area (Å²) in [5, 5.41) is 8.29. The summed E-state index contributed by atoms with van der Waals surface area (Å²) in [5.74, 6) is 0.657. The molecule has 0 amide bonds. The monoisotopic (exact) mass is 314 g/mol. The van der Waals surface area contributed by atoms with E-state index in [1.807, 2.05) is 13.2 Å². The highest BCUT2D eigenvalue weighted by Gasteiger charge is 2.20. The van der Waals surface area contributed by atoms with Crippen molar-refractivity contribution in [3.8, 4) is 0 Å². The molecule has 0 N–H and O–H groups in total. The molecule has 0 bridgehead atoms. The van der Waals surface area contributed by atoms with Crippen LogP contribution >= 0.6 is 11.3 Å². The number of fused-ring (bicyclic) bond motifs is 1. The fourth-order valence-electron chi connectivity index (χ4n) is 3.32. The second kappa shape index (κ2) is 5.35. The number of aromatic nitrogens is 4. The fraction of sp³-hybridized carbons (Fsp3) is 0.438. The summed E-state index contributed by atoms with van der Waals surface area (Å²) in [5.41, 5.74) is 1.94. The predicted octanol–water partition coefficient (Wildman–Crippen LogP) is 2.90. The van der Waals surface area contributed by atoms with Crippen molar-refractivity contribution in [2.24, 2.45) is 7.05 Å². The number of hydrogen-bond acceptors (Lipinski definition) is 4. The molecule has 5 nitrogen and oxygen atoms in total. The summed E-state index contributed by atoms with van der Waals surface area (Å²) < 4.78 is 3.80. The summed E-state index contributed by atoms with van der Waals surface area (Å²) in [6.45, 7) is 0.680. The van der Waals surface area contributed by atoms with Crippen molar-refractivity contribution in [1.29, 1.82) is 0 Å². The second-order valence-electron chi connectivity index (χ2n) is 5.97. The Morgan fingerprint density at radius 1 is 1.36 bits per heavy atom. The van der Waals surface area contributed by atoms with Gasteiger partial charge in [0.1, 0.15) is 5.65 Å². The van der Waals surface area contributed by atoms with Gasteiger partial charge in [0.2, 0.25) is 0 Å². The minimum atomic E-state index is 0.0178. The lowest BCUT2D eigenvalue weighted by molar-refractivity contribution is 0.695. The van der Waals surface area contributed by atoms with Crippen LogP contribution in [0.15, 0.2) is 28.6 Å². The molecule has 1 saturated carbocycles. The molecule has 1 fully saturated rings. The van der Waals surface area contributed by atoms with Gasteiger partial charge in [-0.1, -0.05) is 12.8 Å². The van der Waals surface area contributed by atoms with E-state index < -0.39 is 0 Å². The highest BCUT2D eigenvalue weighted by atomic mass is 32.1. The summed E-state index contributed by atoms with van der Waals surface area (Å²) in [6, 6.07) is 1.61.